The highest BCUT2D eigenvalue weighted by Crippen LogP contribution is 2.28. The summed E-state index contributed by atoms with van der Waals surface area (Å²) < 4.78 is 14.2. The summed E-state index contributed by atoms with van der Waals surface area (Å²) in [5.41, 5.74) is 0. The monoisotopic (exact) mass is 206 g/mol. The number of hydrogen-bond acceptors (Lipinski definition) is 5. The van der Waals surface area contributed by atoms with Gasteiger partial charge in [0.2, 0.25) is 6.29 Å². The number of ether oxygens (including phenoxy) is 2. The van der Waals surface area contributed by atoms with Crippen molar-refractivity contribution >= 4 is 19.1 Å². The molecule has 5 heteroatoms. The molecule has 1 aliphatic rings. The topological polar surface area (TPSA) is 44.8 Å². The van der Waals surface area contributed by atoms with Crippen LogP contribution in [-0.4, -0.2) is 19.1 Å². The Morgan fingerprint density at radius 1 is 1.62 bits per heavy atom. The van der Waals surface area contributed by atoms with Crippen LogP contribution in [0.4, 0.5) is 4.79 Å². The molecule has 0 aliphatic heterocycles. The number of thiol groups is 1. The van der Waals surface area contributed by atoms with Gasteiger partial charge < -0.3 is 9.47 Å². The summed E-state index contributed by atoms with van der Waals surface area (Å²) in [5, 5.41) is 0. The minimum atomic E-state index is -0.673. The Morgan fingerprint density at radius 3 is 2.77 bits per heavy atom. The molecule has 76 valence electrons. The van der Waals surface area contributed by atoms with E-state index in [-0.39, 0.29) is 0 Å². The molecule has 4 nitrogen and oxygen atoms in total. The molecular formula is C8H14O4S. The molecule has 0 saturated heterocycles. The predicted octanol–water partition coefficient (Wildman–Crippen LogP) is 2.15. The van der Waals surface area contributed by atoms with Crippen LogP contribution < -0.4 is 0 Å². The fraction of sp³-hybridized carbons (Fsp3) is 0.875. The van der Waals surface area contributed by atoms with E-state index < -0.39 is 12.4 Å². The molecule has 1 unspecified atom stereocenters. The molecule has 0 aromatic heterocycles. The van der Waals surface area contributed by atoms with Crippen LogP contribution in [0.25, 0.3) is 0 Å². The number of hydrogen-bond donors (Lipinski definition) is 1. The summed E-state index contributed by atoms with van der Waals surface area (Å²) >= 11 is 3.56. The fourth-order valence-electron chi connectivity index (χ4n) is 0.791. The summed E-state index contributed by atoms with van der Waals surface area (Å²) in [5.74, 6) is 0.546. The van der Waals surface area contributed by atoms with E-state index >= 15 is 0 Å². The lowest BCUT2D eigenvalue weighted by Crippen LogP contribution is -2.19. The zero-order chi connectivity index (χ0) is 9.68. The van der Waals surface area contributed by atoms with Crippen LogP contribution in [0.2, 0.25) is 0 Å². The lowest BCUT2D eigenvalue weighted by molar-refractivity contribution is -0.0558. The molecule has 0 aromatic rings. The van der Waals surface area contributed by atoms with Crippen LogP contribution in [0.3, 0.4) is 0 Å². The van der Waals surface area contributed by atoms with Crippen molar-refractivity contribution in [2.24, 2.45) is 5.92 Å². The van der Waals surface area contributed by atoms with E-state index in [2.05, 4.69) is 17.1 Å². The Balaban J connectivity index is 2.07. The molecule has 0 heterocycles. The van der Waals surface area contributed by atoms with Gasteiger partial charge in [0.15, 0.2) is 0 Å². The van der Waals surface area contributed by atoms with Crippen LogP contribution in [0.1, 0.15) is 26.2 Å². The van der Waals surface area contributed by atoms with Gasteiger partial charge in [-0.15, -0.1) is 0 Å². The van der Waals surface area contributed by atoms with Gasteiger partial charge in [0.25, 0.3) is 0 Å². The molecule has 0 N–H and O–H groups in total. The third-order valence-corrected chi connectivity index (χ3v) is 2.05. The molecule has 0 amide bonds. The molecule has 1 atom stereocenters. The Morgan fingerprint density at radius 2 is 2.31 bits per heavy atom. The Bertz CT molecular complexity index is 166. The van der Waals surface area contributed by atoms with Crippen molar-refractivity contribution < 1.29 is 18.5 Å². The van der Waals surface area contributed by atoms with E-state index in [4.69, 9.17) is 9.47 Å². The lowest BCUT2D eigenvalue weighted by Gasteiger charge is -2.12. The Kier molecular flexibility index (Phi) is 4.38. The van der Waals surface area contributed by atoms with Gasteiger partial charge in [-0.2, -0.15) is 0 Å². The van der Waals surface area contributed by atoms with Crippen LogP contribution >= 0.6 is 12.9 Å². The zero-order valence-corrected chi connectivity index (χ0v) is 8.46. The second-order valence-corrected chi connectivity index (χ2v) is 3.28. The molecule has 0 radical (unpaired) electrons. The van der Waals surface area contributed by atoms with Gasteiger partial charge in [-0.05, 0) is 31.7 Å². The van der Waals surface area contributed by atoms with E-state index in [1.807, 2.05) is 6.92 Å². The van der Waals surface area contributed by atoms with Crippen molar-refractivity contribution in [3.8, 4) is 0 Å². The van der Waals surface area contributed by atoms with E-state index in [9.17, 15) is 4.79 Å². The van der Waals surface area contributed by atoms with E-state index in [1.165, 1.54) is 0 Å². The lowest BCUT2D eigenvalue weighted by atomic mass is 10.5. The van der Waals surface area contributed by atoms with Crippen LogP contribution in [0.5, 0.6) is 0 Å². The SMILES string of the molecule is CCC(OS)OC(=O)OCC1CC1. The minimum Gasteiger partial charge on any atom is -0.434 e. The fourth-order valence-corrected chi connectivity index (χ4v) is 0.983. The molecule has 1 saturated carbocycles. The first-order valence-electron chi connectivity index (χ1n) is 4.40. The van der Waals surface area contributed by atoms with Crippen LogP contribution in [-0.2, 0) is 13.7 Å². The second kappa shape index (κ2) is 5.34. The highest BCUT2D eigenvalue weighted by molar-refractivity contribution is 7.75. The van der Waals surface area contributed by atoms with Crippen LogP contribution in [0, 0.1) is 5.92 Å². The predicted molar refractivity (Wildman–Crippen MR) is 49.3 cm³/mol. The maximum Gasteiger partial charge on any atom is 0.510 e. The van der Waals surface area contributed by atoms with Crippen molar-refractivity contribution in [3.63, 3.8) is 0 Å². The highest BCUT2D eigenvalue weighted by atomic mass is 32.1. The third-order valence-electron chi connectivity index (χ3n) is 1.81. The molecule has 0 bridgehead atoms. The van der Waals surface area contributed by atoms with E-state index in [1.54, 1.807) is 0 Å². The molecule has 13 heavy (non-hydrogen) atoms. The number of carbonyl (C=O) groups excluding carboxylic acids is 1. The summed E-state index contributed by atoms with van der Waals surface area (Å²) in [6.45, 7) is 2.29. The van der Waals surface area contributed by atoms with Gasteiger partial charge >= 0.3 is 6.16 Å². The average molecular weight is 206 g/mol. The average Bonchev–Trinajstić information content (AvgIpc) is 2.94. The van der Waals surface area contributed by atoms with Gasteiger partial charge in [-0.1, -0.05) is 6.92 Å². The smallest absolute Gasteiger partial charge is 0.434 e. The normalized spacial score (nSPS) is 18.0. The summed E-state index contributed by atoms with van der Waals surface area (Å²) in [6.07, 6.45) is 1.56. The summed E-state index contributed by atoms with van der Waals surface area (Å²) in [6, 6.07) is 0. The van der Waals surface area contributed by atoms with Gasteiger partial charge in [0, 0.05) is 6.42 Å². The van der Waals surface area contributed by atoms with Gasteiger partial charge in [-0.25, -0.2) is 4.79 Å². The first kappa shape index (κ1) is 10.7. The maximum absolute atomic E-state index is 10.9. The first-order valence-corrected chi connectivity index (χ1v) is 4.76. The second-order valence-electron chi connectivity index (χ2n) is 3.07. The molecule has 1 aliphatic carbocycles. The van der Waals surface area contributed by atoms with E-state index in [0.717, 1.165) is 12.8 Å². The van der Waals surface area contributed by atoms with Gasteiger partial charge in [-0.3, -0.25) is 4.18 Å². The van der Waals surface area contributed by atoms with Crippen molar-refractivity contribution in [2.75, 3.05) is 6.61 Å². The van der Waals surface area contributed by atoms with Gasteiger partial charge in [0.05, 0.1) is 6.61 Å². The third kappa shape index (κ3) is 4.38. The molecule has 1 fully saturated rings. The molecule has 0 aromatic carbocycles. The van der Waals surface area contributed by atoms with Crippen molar-refractivity contribution in [1.82, 2.24) is 0 Å². The Labute approximate surface area is 83.2 Å². The summed E-state index contributed by atoms with van der Waals surface area (Å²) in [7, 11) is 0. The minimum absolute atomic E-state index is 0.460. The standard InChI is InChI=1S/C8H14O4S/c1-2-7(12-13)11-8(9)10-5-6-3-4-6/h6-7,13H,2-5H2,1H3. The zero-order valence-electron chi connectivity index (χ0n) is 7.56. The quantitative estimate of drug-likeness (QED) is 0.324. The maximum atomic E-state index is 10.9. The molecular weight excluding hydrogens is 192 g/mol. The Hall–Kier alpha value is -0.420. The number of carbonyl (C=O) groups is 1. The molecule has 0 spiro atoms. The highest BCUT2D eigenvalue weighted by Gasteiger charge is 2.24. The van der Waals surface area contributed by atoms with Crippen molar-refractivity contribution in [3.05, 3.63) is 0 Å². The van der Waals surface area contributed by atoms with Crippen molar-refractivity contribution in [2.45, 2.75) is 32.5 Å². The summed E-state index contributed by atoms with van der Waals surface area (Å²) in [4.78, 5) is 10.9. The van der Waals surface area contributed by atoms with Gasteiger partial charge in [0.1, 0.15) is 0 Å². The largest absolute Gasteiger partial charge is 0.510 e. The molecule has 1 rings (SSSR count). The number of rotatable bonds is 5. The first-order chi connectivity index (χ1) is 6.26. The van der Waals surface area contributed by atoms with Crippen LogP contribution in [0.15, 0.2) is 0 Å². The van der Waals surface area contributed by atoms with E-state index in [0.29, 0.717) is 18.9 Å². The van der Waals surface area contributed by atoms with Crippen molar-refractivity contribution in [1.29, 1.82) is 0 Å².